The van der Waals surface area contributed by atoms with Crippen LogP contribution in [0.4, 0.5) is 5.13 Å². The number of nitrogens with zero attached hydrogens (tertiary/aromatic N) is 3. The van der Waals surface area contributed by atoms with E-state index in [0.717, 1.165) is 16.7 Å². The molecule has 0 spiro atoms. The minimum atomic E-state index is -0.944. The van der Waals surface area contributed by atoms with Gasteiger partial charge in [0.2, 0.25) is 5.13 Å². The van der Waals surface area contributed by atoms with Gasteiger partial charge >= 0.3 is 5.91 Å². The van der Waals surface area contributed by atoms with E-state index in [0.29, 0.717) is 45.9 Å². The highest BCUT2D eigenvalue weighted by molar-refractivity contribution is 8.00. The van der Waals surface area contributed by atoms with Crippen LogP contribution >= 0.6 is 23.1 Å². The highest BCUT2D eigenvalue weighted by atomic mass is 32.2. The second-order valence-electron chi connectivity index (χ2n) is 10.7. The van der Waals surface area contributed by atoms with Gasteiger partial charge in [-0.15, -0.1) is 10.2 Å². The summed E-state index contributed by atoms with van der Waals surface area (Å²) in [6, 6.07) is 30.8. The molecule has 6 rings (SSSR count). The third kappa shape index (κ3) is 7.14. The number of hydrogen-bond donors (Lipinski definition) is 1. The zero-order valence-corrected chi connectivity index (χ0v) is 27.2. The van der Waals surface area contributed by atoms with Crippen LogP contribution in [0.5, 0.6) is 11.5 Å². The maximum atomic E-state index is 13.7. The summed E-state index contributed by atoms with van der Waals surface area (Å²) in [7, 11) is 0. The van der Waals surface area contributed by atoms with Crippen LogP contribution in [0.3, 0.4) is 0 Å². The molecular formula is C37H31N3O5S2. The average molecular weight is 662 g/mol. The number of anilines is 1. The van der Waals surface area contributed by atoms with Gasteiger partial charge in [0.15, 0.2) is 4.34 Å². The quantitative estimate of drug-likeness (QED) is 0.0360. The number of Topliss-reactive ketones (excluding diaryl/α,β-unsaturated/α-hetero) is 1. The number of carbonyl (C=O) groups is 2. The lowest BCUT2D eigenvalue weighted by molar-refractivity contribution is -0.132. The summed E-state index contributed by atoms with van der Waals surface area (Å²) in [5.41, 5.74) is 4.25. The molecule has 47 heavy (non-hydrogen) atoms. The lowest BCUT2D eigenvalue weighted by Crippen LogP contribution is -2.29. The summed E-state index contributed by atoms with van der Waals surface area (Å²) in [6.45, 7) is 6.43. The molecule has 5 aromatic rings. The SMILES string of the molecule is C=CCOc1ccc(C2/C(=C(\O)c3ccc(OCc4ccccc4C)cc3)C(=O)C(=O)N2c2nnc(SCc3ccccc3)s2)cc1. The van der Waals surface area contributed by atoms with Crippen molar-refractivity contribution in [3.8, 4) is 11.5 Å². The summed E-state index contributed by atoms with van der Waals surface area (Å²) >= 11 is 2.72. The lowest BCUT2D eigenvalue weighted by Gasteiger charge is -2.22. The number of aliphatic hydroxyl groups is 1. The lowest BCUT2D eigenvalue weighted by atomic mass is 9.95. The number of aliphatic hydroxyl groups excluding tert-OH is 1. The van der Waals surface area contributed by atoms with Crippen molar-refractivity contribution in [2.45, 2.75) is 29.7 Å². The molecule has 1 aromatic heterocycles. The van der Waals surface area contributed by atoms with Gasteiger partial charge < -0.3 is 14.6 Å². The Bertz CT molecular complexity index is 1920. The molecule has 236 valence electrons. The number of ketones is 1. The summed E-state index contributed by atoms with van der Waals surface area (Å²) < 4.78 is 12.3. The van der Waals surface area contributed by atoms with Gasteiger partial charge in [0.05, 0.1) is 11.6 Å². The molecule has 2 heterocycles. The normalized spacial score (nSPS) is 15.5. The molecule has 1 N–H and O–H groups in total. The fourth-order valence-corrected chi connectivity index (χ4v) is 6.95. The number of hydrogen-bond acceptors (Lipinski definition) is 9. The van der Waals surface area contributed by atoms with Crippen LogP contribution in [0.2, 0.25) is 0 Å². The van der Waals surface area contributed by atoms with Gasteiger partial charge in [-0.1, -0.05) is 102 Å². The van der Waals surface area contributed by atoms with Gasteiger partial charge in [-0.2, -0.15) is 0 Å². The van der Waals surface area contributed by atoms with Gasteiger partial charge in [-0.05, 0) is 65.6 Å². The first-order chi connectivity index (χ1) is 22.9. The molecule has 0 saturated carbocycles. The van der Waals surface area contributed by atoms with E-state index in [-0.39, 0.29) is 16.5 Å². The van der Waals surface area contributed by atoms with Gasteiger partial charge in [0, 0.05) is 11.3 Å². The number of ether oxygens (including phenoxy) is 2. The Balaban J connectivity index is 1.31. The minimum absolute atomic E-state index is 0.0444. The maximum absolute atomic E-state index is 13.7. The van der Waals surface area contributed by atoms with Crippen LogP contribution in [0, 0.1) is 6.92 Å². The zero-order valence-electron chi connectivity index (χ0n) is 25.5. The second kappa shape index (κ2) is 14.5. The van der Waals surface area contributed by atoms with Crippen molar-refractivity contribution in [3.05, 3.63) is 149 Å². The van der Waals surface area contributed by atoms with Crippen molar-refractivity contribution >= 4 is 45.7 Å². The maximum Gasteiger partial charge on any atom is 0.301 e. The Morgan fingerprint density at radius 3 is 2.32 bits per heavy atom. The third-order valence-electron chi connectivity index (χ3n) is 7.60. The minimum Gasteiger partial charge on any atom is -0.507 e. The molecular weight excluding hydrogens is 631 g/mol. The number of amides is 1. The number of aromatic nitrogens is 2. The number of thioether (sulfide) groups is 1. The molecule has 10 heteroatoms. The van der Waals surface area contributed by atoms with Crippen LogP contribution in [0.25, 0.3) is 5.76 Å². The number of benzene rings is 4. The van der Waals surface area contributed by atoms with Crippen LogP contribution in [0.1, 0.15) is 33.9 Å². The Hall–Kier alpha value is -5.19. The van der Waals surface area contributed by atoms with Crippen molar-refractivity contribution in [3.63, 3.8) is 0 Å². The van der Waals surface area contributed by atoms with Gasteiger partial charge in [-0.3, -0.25) is 14.5 Å². The number of aryl methyl sites for hydroxylation is 1. The van der Waals surface area contributed by atoms with E-state index < -0.39 is 17.7 Å². The molecule has 0 radical (unpaired) electrons. The third-order valence-corrected chi connectivity index (χ3v) is 9.73. The molecule has 1 aliphatic heterocycles. The number of carbonyl (C=O) groups excluding carboxylic acids is 2. The zero-order chi connectivity index (χ0) is 32.8. The molecule has 4 aromatic carbocycles. The van der Waals surface area contributed by atoms with E-state index in [2.05, 4.69) is 16.8 Å². The fraction of sp³-hybridized carbons (Fsp3) is 0.135. The van der Waals surface area contributed by atoms with Crippen LogP contribution in [-0.4, -0.2) is 33.6 Å². The molecule has 1 amide bonds. The molecule has 8 nitrogen and oxygen atoms in total. The predicted molar refractivity (Wildman–Crippen MR) is 185 cm³/mol. The molecule has 1 fully saturated rings. The van der Waals surface area contributed by atoms with E-state index >= 15 is 0 Å². The highest BCUT2D eigenvalue weighted by Crippen LogP contribution is 2.44. The summed E-state index contributed by atoms with van der Waals surface area (Å²) in [6.07, 6.45) is 1.64. The van der Waals surface area contributed by atoms with E-state index in [1.54, 1.807) is 54.6 Å². The Morgan fingerprint density at radius 1 is 0.915 bits per heavy atom. The van der Waals surface area contributed by atoms with E-state index in [1.807, 2.05) is 61.5 Å². The summed E-state index contributed by atoms with van der Waals surface area (Å²) in [5.74, 6) is -0.0233. The van der Waals surface area contributed by atoms with Gasteiger partial charge in [-0.25, -0.2) is 0 Å². The molecule has 0 aliphatic carbocycles. The van der Waals surface area contributed by atoms with E-state index in [9.17, 15) is 14.7 Å². The molecule has 1 saturated heterocycles. The second-order valence-corrected chi connectivity index (χ2v) is 12.9. The highest BCUT2D eigenvalue weighted by Gasteiger charge is 2.48. The topological polar surface area (TPSA) is 102 Å². The van der Waals surface area contributed by atoms with E-state index in [4.69, 9.17) is 9.47 Å². The molecule has 0 bridgehead atoms. The molecule has 1 unspecified atom stereocenters. The van der Waals surface area contributed by atoms with Crippen LogP contribution < -0.4 is 14.4 Å². The largest absolute Gasteiger partial charge is 0.507 e. The van der Waals surface area contributed by atoms with Crippen LogP contribution in [0.15, 0.2) is 126 Å². The fourth-order valence-electron chi connectivity index (χ4n) is 5.12. The average Bonchev–Trinajstić information content (AvgIpc) is 3.68. The van der Waals surface area contributed by atoms with Crippen molar-refractivity contribution in [2.75, 3.05) is 11.5 Å². The Labute approximate surface area is 281 Å². The first-order valence-corrected chi connectivity index (χ1v) is 16.7. The van der Waals surface area contributed by atoms with Crippen molar-refractivity contribution < 1.29 is 24.2 Å². The summed E-state index contributed by atoms with van der Waals surface area (Å²) in [5, 5.41) is 20.5. The smallest absolute Gasteiger partial charge is 0.301 e. The van der Waals surface area contributed by atoms with Crippen molar-refractivity contribution in [1.29, 1.82) is 0 Å². The summed E-state index contributed by atoms with van der Waals surface area (Å²) in [4.78, 5) is 28.6. The Morgan fingerprint density at radius 2 is 1.60 bits per heavy atom. The first-order valence-electron chi connectivity index (χ1n) is 14.9. The number of rotatable bonds is 12. The molecule has 1 aliphatic rings. The van der Waals surface area contributed by atoms with Crippen molar-refractivity contribution in [1.82, 2.24) is 10.2 Å². The van der Waals surface area contributed by atoms with Gasteiger partial charge in [0.25, 0.3) is 5.78 Å². The predicted octanol–water partition coefficient (Wildman–Crippen LogP) is 7.91. The van der Waals surface area contributed by atoms with Crippen molar-refractivity contribution in [2.24, 2.45) is 0 Å². The first kappa shape index (κ1) is 31.8. The van der Waals surface area contributed by atoms with Crippen LogP contribution in [-0.2, 0) is 21.9 Å². The monoisotopic (exact) mass is 661 g/mol. The van der Waals surface area contributed by atoms with E-state index in [1.165, 1.54) is 28.0 Å². The van der Waals surface area contributed by atoms with Gasteiger partial charge in [0.1, 0.15) is 30.5 Å². The molecule has 1 atom stereocenters. The Kier molecular flexibility index (Phi) is 9.80. The standard InChI is InChI=1S/C37H31N3O5S2/c1-3-21-44-29-17-13-26(14-18-29)32-31(33(41)27-15-19-30(20-16-27)45-22-28-12-8-7-9-24(28)2)34(42)35(43)40(32)36-38-39-37(47-36)46-23-25-10-5-4-6-11-25/h3-20,32,41H,1,21-23H2,2H3/b33-31+.